The molecule has 3 fully saturated rings. The summed E-state index contributed by atoms with van der Waals surface area (Å²) in [6.45, 7) is 12.4. The molecule has 20 heavy (non-hydrogen) atoms. The van der Waals surface area contributed by atoms with Crippen LogP contribution in [0.3, 0.4) is 0 Å². The minimum Gasteiger partial charge on any atom is -0.390 e. The molecule has 2 nitrogen and oxygen atoms in total. The predicted octanol–water partition coefficient (Wildman–Crippen LogP) is 4.21. The number of hydrogen-bond acceptors (Lipinski definition) is 2. The zero-order valence-electron chi connectivity index (χ0n) is 14.1. The highest BCUT2D eigenvalue weighted by atomic mass is 16.3. The number of rotatable bonds is 0. The van der Waals surface area contributed by atoms with Crippen LogP contribution in [0.25, 0.3) is 0 Å². The molecule has 3 aliphatic carbocycles. The Morgan fingerprint density at radius 2 is 1.60 bits per heavy atom. The monoisotopic (exact) mass is 280 g/mol. The largest absolute Gasteiger partial charge is 0.390 e. The van der Waals surface area contributed by atoms with E-state index in [4.69, 9.17) is 0 Å². The molecule has 0 heterocycles. The molecule has 0 aromatic heterocycles. The zero-order chi connectivity index (χ0) is 15.3. The van der Waals surface area contributed by atoms with E-state index >= 15 is 0 Å². The molecule has 0 unspecified atom stereocenters. The van der Waals surface area contributed by atoms with Crippen molar-refractivity contribution >= 4 is 5.78 Å². The van der Waals surface area contributed by atoms with Gasteiger partial charge in [-0.05, 0) is 81.5 Å². The Hall–Kier alpha value is -0.370. The first-order chi connectivity index (χ1) is 9.04. The number of ketones is 1. The number of fused-ring (bicyclic) bond motifs is 1. The van der Waals surface area contributed by atoms with Crippen molar-refractivity contribution < 1.29 is 9.90 Å². The van der Waals surface area contributed by atoms with Crippen molar-refractivity contribution in [1.29, 1.82) is 0 Å². The van der Waals surface area contributed by atoms with Gasteiger partial charge in [-0.2, -0.15) is 0 Å². The minimum atomic E-state index is -0.404. The van der Waals surface area contributed by atoms with Crippen LogP contribution in [-0.4, -0.2) is 16.5 Å². The third-order valence-corrected chi connectivity index (χ3v) is 6.79. The lowest BCUT2D eigenvalue weighted by Gasteiger charge is -2.44. The average Bonchev–Trinajstić information content (AvgIpc) is 2.69. The zero-order valence-corrected chi connectivity index (χ0v) is 14.1. The third kappa shape index (κ3) is 2.24. The number of Topliss-reactive ketones (excluding diaryl/α,β-unsaturated/α-hetero) is 1. The molecule has 2 bridgehead atoms. The van der Waals surface area contributed by atoms with Crippen molar-refractivity contribution in [2.24, 2.45) is 28.6 Å². The van der Waals surface area contributed by atoms with Crippen LogP contribution in [0.2, 0.25) is 0 Å². The van der Waals surface area contributed by atoms with Gasteiger partial charge in [0.1, 0.15) is 5.78 Å². The fourth-order valence-corrected chi connectivity index (χ4v) is 5.88. The second-order valence-corrected chi connectivity index (χ2v) is 8.61. The van der Waals surface area contributed by atoms with Crippen LogP contribution >= 0.6 is 0 Å². The fraction of sp³-hybridized carbons (Fsp3) is 0.944. The number of aliphatic hydroxyl groups is 1. The normalized spacial score (nSPS) is 48.2. The molecule has 116 valence electrons. The number of carbonyl (C=O) groups is 1. The number of carbonyl (C=O) groups excluding carboxylic acids is 1. The Balaban J connectivity index is 0.000000328. The van der Waals surface area contributed by atoms with E-state index < -0.39 is 5.60 Å². The first-order valence-corrected chi connectivity index (χ1v) is 8.23. The van der Waals surface area contributed by atoms with Gasteiger partial charge in [-0.15, -0.1) is 0 Å². The second-order valence-electron chi connectivity index (χ2n) is 8.61. The summed E-state index contributed by atoms with van der Waals surface area (Å²) >= 11 is 0. The lowest BCUT2D eigenvalue weighted by Crippen LogP contribution is -2.44. The van der Waals surface area contributed by atoms with Crippen LogP contribution in [-0.2, 0) is 4.79 Å². The Kier molecular flexibility index (Phi) is 3.86. The summed E-state index contributed by atoms with van der Waals surface area (Å²) in [6, 6.07) is 0. The smallest absolute Gasteiger partial charge is 0.126 e. The highest BCUT2D eigenvalue weighted by Gasteiger charge is 2.67. The fourth-order valence-electron chi connectivity index (χ4n) is 5.88. The Morgan fingerprint density at radius 3 is 2.15 bits per heavy atom. The van der Waals surface area contributed by atoms with Crippen molar-refractivity contribution in [3.05, 3.63) is 0 Å². The van der Waals surface area contributed by atoms with Gasteiger partial charge in [0.2, 0.25) is 0 Å². The van der Waals surface area contributed by atoms with E-state index in [2.05, 4.69) is 27.7 Å². The van der Waals surface area contributed by atoms with Gasteiger partial charge in [-0.25, -0.2) is 0 Å². The van der Waals surface area contributed by atoms with Gasteiger partial charge in [0, 0.05) is 0 Å². The Morgan fingerprint density at radius 1 is 1.05 bits per heavy atom. The molecule has 0 aliphatic heterocycles. The third-order valence-electron chi connectivity index (χ3n) is 6.79. The first kappa shape index (κ1) is 16.0. The summed E-state index contributed by atoms with van der Waals surface area (Å²) in [6.07, 6.45) is 6.41. The lowest BCUT2D eigenvalue weighted by atomic mass is 9.64. The molecule has 3 aliphatic rings. The van der Waals surface area contributed by atoms with E-state index in [0.717, 1.165) is 18.3 Å². The average molecular weight is 280 g/mol. The molecular weight excluding hydrogens is 248 g/mol. The van der Waals surface area contributed by atoms with E-state index in [-0.39, 0.29) is 5.78 Å². The van der Waals surface area contributed by atoms with Gasteiger partial charge in [0.25, 0.3) is 0 Å². The first-order valence-electron chi connectivity index (χ1n) is 8.23. The van der Waals surface area contributed by atoms with Gasteiger partial charge < -0.3 is 9.90 Å². The van der Waals surface area contributed by atoms with E-state index in [1.54, 1.807) is 0 Å². The predicted molar refractivity (Wildman–Crippen MR) is 82.4 cm³/mol. The summed E-state index contributed by atoms with van der Waals surface area (Å²) < 4.78 is 0. The molecule has 3 saturated carbocycles. The van der Waals surface area contributed by atoms with Crippen molar-refractivity contribution in [3.63, 3.8) is 0 Å². The minimum absolute atomic E-state index is 0.167. The van der Waals surface area contributed by atoms with Crippen molar-refractivity contribution in [3.8, 4) is 0 Å². The number of hydrogen-bond donors (Lipinski definition) is 1. The van der Waals surface area contributed by atoms with Gasteiger partial charge in [-0.1, -0.05) is 20.8 Å². The summed E-state index contributed by atoms with van der Waals surface area (Å²) in [5, 5.41) is 10.6. The maximum atomic E-state index is 10.6. The molecule has 0 radical (unpaired) electrons. The molecule has 1 spiro atoms. The van der Waals surface area contributed by atoms with Crippen LogP contribution in [0.5, 0.6) is 0 Å². The van der Waals surface area contributed by atoms with Gasteiger partial charge >= 0.3 is 0 Å². The molecule has 0 amide bonds. The lowest BCUT2D eigenvalue weighted by molar-refractivity contribution is -0.115. The molecule has 0 aromatic rings. The van der Waals surface area contributed by atoms with Crippen molar-refractivity contribution in [2.75, 3.05) is 0 Å². The molecule has 5 atom stereocenters. The topological polar surface area (TPSA) is 37.3 Å². The van der Waals surface area contributed by atoms with Gasteiger partial charge in [0.05, 0.1) is 5.60 Å². The van der Waals surface area contributed by atoms with E-state index in [1.165, 1.54) is 39.5 Å². The van der Waals surface area contributed by atoms with Gasteiger partial charge in [-0.3, -0.25) is 0 Å². The van der Waals surface area contributed by atoms with Crippen LogP contribution in [0.1, 0.15) is 73.6 Å². The van der Waals surface area contributed by atoms with Crippen molar-refractivity contribution in [1.82, 2.24) is 0 Å². The van der Waals surface area contributed by atoms with E-state index in [9.17, 15) is 9.90 Å². The maximum Gasteiger partial charge on any atom is 0.126 e. The van der Waals surface area contributed by atoms with Crippen LogP contribution in [0, 0.1) is 28.6 Å². The molecule has 0 aromatic carbocycles. The summed E-state index contributed by atoms with van der Waals surface area (Å²) in [5.74, 6) is 2.45. The molecule has 3 rings (SSSR count). The highest BCUT2D eigenvalue weighted by molar-refractivity contribution is 5.72. The second kappa shape index (κ2) is 4.83. The molecule has 0 saturated heterocycles. The van der Waals surface area contributed by atoms with Gasteiger partial charge in [0.15, 0.2) is 0 Å². The molecule has 2 heteroatoms. The van der Waals surface area contributed by atoms with Crippen molar-refractivity contribution in [2.45, 2.75) is 79.2 Å². The summed E-state index contributed by atoms with van der Waals surface area (Å²) in [4.78, 5) is 9.44. The Labute approximate surface area is 124 Å². The van der Waals surface area contributed by atoms with Crippen LogP contribution in [0.15, 0.2) is 0 Å². The standard InChI is InChI=1S/C15H26O.C3H6O/c1-10-5-6-11-13(2,3)12-9-15(10,11)8-7-14(12,4)16;1-3(2)4/h10-12,16H,5-9H2,1-4H3;1-2H3/t10-,11+,12-,14-,15+;/m1./s1. The van der Waals surface area contributed by atoms with E-state index in [1.807, 2.05) is 0 Å². The summed E-state index contributed by atoms with van der Waals surface area (Å²) in [5.41, 5.74) is 0.542. The molecular formula is C18H32O2. The van der Waals surface area contributed by atoms with Crippen LogP contribution < -0.4 is 0 Å². The SMILES string of the molecule is CC(C)=O.C[C@@H]1CC[C@H]2C(C)(C)[C@H]3C[C@@]12CC[C@@]3(C)O. The van der Waals surface area contributed by atoms with E-state index in [0.29, 0.717) is 16.7 Å². The maximum absolute atomic E-state index is 10.6. The van der Waals surface area contributed by atoms with Crippen LogP contribution in [0.4, 0.5) is 0 Å². The Bertz CT molecular complexity index is 388. The summed E-state index contributed by atoms with van der Waals surface area (Å²) in [7, 11) is 0. The quantitative estimate of drug-likeness (QED) is 0.722. The molecule has 1 N–H and O–H groups in total. The highest BCUT2D eigenvalue weighted by Crippen LogP contribution is 2.73.